The van der Waals surface area contributed by atoms with E-state index in [2.05, 4.69) is 22.5 Å². The summed E-state index contributed by atoms with van der Waals surface area (Å²) >= 11 is 0. The molecule has 1 aliphatic carbocycles. The lowest BCUT2D eigenvalue weighted by Gasteiger charge is -2.35. The molecule has 2 N–H and O–H groups in total. The Bertz CT molecular complexity index is 302. The molecule has 122 valence electrons. The van der Waals surface area contributed by atoms with Gasteiger partial charge in [0, 0.05) is 25.2 Å². The van der Waals surface area contributed by atoms with Gasteiger partial charge in [0.1, 0.15) is 0 Å². The highest BCUT2D eigenvalue weighted by Gasteiger charge is 2.20. The number of carbonyl (C=O) groups is 1. The molecule has 4 heteroatoms. The summed E-state index contributed by atoms with van der Waals surface area (Å²) in [5.74, 6) is 0. The van der Waals surface area contributed by atoms with Gasteiger partial charge in [-0.25, -0.2) is 4.79 Å². The fourth-order valence-electron chi connectivity index (χ4n) is 3.78. The van der Waals surface area contributed by atoms with Crippen molar-refractivity contribution in [2.75, 3.05) is 19.6 Å². The number of rotatable bonds is 6. The molecule has 1 saturated carbocycles. The van der Waals surface area contributed by atoms with Crippen LogP contribution in [0.2, 0.25) is 0 Å². The normalized spacial score (nSPS) is 24.7. The first-order chi connectivity index (χ1) is 10.3. The quantitative estimate of drug-likeness (QED) is 0.739. The van der Waals surface area contributed by atoms with Gasteiger partial charge in [0.2, 0.25) is 0 Å². The predicted molar refractivity (Wildman–Crippen MR) is 87.5 cm³/mol. The number of likely N-dealkylation sites (tertiary alicyclic amines) is 1. The summed E-state index contributed by atoms with van der Waals surface area (Å²) in [6.45, 7) is 5.46. The minimum atomic E-state index is 0.0348. The zero-order chi connectivity index (χ0) is 14.9. The van der Waals surface area contributed by atoms with Crippen molar-refractivity contribution >= 4 is 6.03 Å². The van der Waals surface area contributed by atoms with Gasteiger partial charge in [-0.3, -0.25) is 0 Å². The van der Waals surface area contributed by atoms with Crippen molar-refractivity contribution in [1.82, 2.24) is 15.5 Å². The van der Waals surface area contributed by atoms with E-state index in [0.29, 0.717) is 6.04 Å². The van der Waals surface area contributed by atoms with E-state index in [9.17, 15) is 4.79 Å². The number of urea groups is 1. The molecule has 0 bridgehead atoms. The van der Waals surface area contributed by atoms with Crippen LogP contribution in [0.4, 0.5) is 4.79 Å². The largest absolute Gasteiger partial charge is 0.338 e. The Labute approximate surface area is 130 Å². The van der Waals surface area contributed by atoms with Crippen LogP contribution >= 0.6 is 0 Å². The third-order valence-electron chi connectivity index (χ3n) is 5.07. The van der Waals surface area contributed by atoms with Crippen LogP contribution in [0.25, 0.3) is 0 Å². The maximum absolute atomic E-state index is 11.8. The van der Waals surface area contributed by atoms with E-state index >= 15 is 0 Å². The fraction of sp³-hybridized carbons (Fsp3) is 0.941. The molecule has 0 aromatic heterocycles. The number of amides is 2. The van der Waals surface area contributed by atoms with Crippen LogP contribution in [0.1, 0.15) is 71.1 Å². The SMILES string of the molecule is CC[C@H]1CCCCN1CCCNC(=O)NC1CCCCC1. The van der Waals surface area contributed by atoms with E-state index in [4.69, 9.17) is 0 Å². The Morgan fingerprint density at radius 2 is 1.86 bits per heavy atom. The number of hydrogen-bond acceptors (Lipinski definition) is 2. The molecule has 0 unspecified atom stereocenters. The second kappa shape index (κ2) is 9.29. The van der Waals surface area contributed by atoms with E-state index in [1.807, 2.05) is 0 Å². The van der Waals surface area contributed by atoms with Gasteiger partial charge >= 0.3 is 6.03 Å². The van der Waals surface area contributed by atoms with Crippen molar-refractivity contribution < 1.29 is 4.79 Å². The molecule has 0 radical (unpaired) electrons. The van der Waals surface area contributed by atoms with Gasteiger partial charge < -0.3 is 15.5 Å². The van der Waals surface area contributed by atoms with Crippen LogP contribution < -0.4 is 10.6 Å². The number of nitrogens with one attached hydrogen (secondary N) is 2. The molecule has 1 atom stereocenters. The van der Waals surface area contributed by atoms with Crippen molar-refractivity contribution in [2.24, 2.45) is 0 Å². The lowest BCUT2D eigenvalue weighted by molar-refractivity contribution is 0.142. The Hall–Kier alpha value is -0.770. The standard InChI is InChI=1S/C17H33N3O/c1-2-16-11-6-7-13-20(16)14-8-12-18-17(21)19-15-9-4-3-5-10-15/h15-16H,2-14H2,1H3,(H2,18,19,21)/t16-/m0/s1. The van der Waals surface area contributed by atoms with Gasteiger partial charge in [-0.1, -0.05) is 32.6 Å². The first-order valence-electron chi connectivity index (χ1n) is 9.08. The summed E-state index contributed by atoms with van der Waals surface area (Å²) in [5.41, 5.74) is 0. The minimum absolute atomic E-state index is 0.0348. The first kappa shape index (κ1) is 16.6. The van der Waals surface area contributed by atoms with Gasteiger partial charge in [-0.2, -0.15) is 0 Å². The zero-order valence-corrected chi connectivity index (χ0v) is 13.7. The van der Waals surface area contributed by atoms with Crippen molar-refractivity contribution in [2.45, 2.75) is 83.2 Å². The van der Waals surface area contributed by atoms with E-state index < -0.39 is 0 Å². The van der Waals surface area contributed by atoms with Crippen LogP contribution in [0, 0.1) is 0 Å². The van der Waals surface area contributed by atoms with Crippen LogP contribution in [-0.2, 0) is 0 Å². The number of nitrogens with zero attached hydrogens (tertiary/aromatic N) is 1. The van der Waals surface area contributed by atoms with Gasteiger partial charge in [0.05, 0.1) is 0 Å². The molecule has 0 aromatic carbocycles. The molecular weight excluding hydrogens is 262 g/mol. The van der Waals surface area contributed by atoms with Crippen LogP contribution in [0.15, 0.2) is 0 Å². The van der Waals surface area contributed by atoms with Crippen LogP contribution in [-0.4, -0.2) is 42.6 Å². The van der Waals surface area contributed by atoms with Gasteiger partial charge in [0.15, 0.2) is 0 Å². The average molecular weight is 295 g/mol. The fourth-order valence-corrected chi connectivity index (χ4v) is 3.78. The summed E-state index contributed by atoms with van der Waals surface area (Å²) in [5, 5.41) is 6.14. The third-order valence-corrected chi connectivity index (χ3v) is 5.07. The van der Waals surface area contributed by atoms with E-state index in [1.54, 1.807) is 0 Å². The van der Waals surface area contributed by atoms with Crippen LogP contribution in [0.5, 0.6) is 0 Å². The molecule has 2 amide bonds. The Balaban J connectivity index is 1.55. The van der Waals surface area contributed by atoms with Crippen molar-refractivity contribution in [3.63, 3.8) is 0 Å². The highest BCUT2D eigenvalue weighted by molar-refractivity contribution is 5.74. The summed E-state index contributed by atoms with van der Waals surface area (Å²) in [6.07, 6.45) is 12.6. The molecule has 2 aliphatic rings. The summed E-state index contributed by atoms with van der Waals surface area (Å²) in [7, 11) is 0. The number of carbonyl (C=O) groups excluding carboxylic acids is 1. The van der Waals surface area contributed by atoms with Gasteiger partial charge in [-0.15, -0.1) is 0 Å². The van der Waals surface area contributed by atoms with Gasteiger partial charge in [-0.05, 0) is 45.1 Å². The summed E-state index contributed by atoms with van der Waals surface area (Å²) in [6, 6.07) is 1.22. The highest BCUT2D eigenvalue weighted by Crippen LogP contribution is 2.19. The second-order valence-electron chi connectivity index (χ2n) is 6.68. The molecule has 0 spiro atoms. The third kappa shape index (κ3) is 5.85. The lowest BCUT2D eigenvalue weighted by atomic mass is 9.96. The Kier molecular flexibility index (Phi) is 7.34. The first-order valence-corrected chi connectivity index (χ1v) is 9.08. The Morgan fingerprint density at radius 3 is 2.62 bits per heavy atom. The summed E-state index contributed by atoms with van der Waals surface area (Å²) < 4.78 is 0. The molecule has 1 heterocycles. The molecule has 1 saturated heterocycles. The predicted octanol–water partition coefficient (Wildman–Crippen LogP) is 3.27. The lowest BCUT2D eigenvalue weighted by Crippen LogP contribution is -2.44. The zero-order valence-electron chi connectivity index (χ0n) is 13.7. The number of piperidine rings is 1. The average Bonchev–Trinajstić information content (AvgIpc) is 2.53. The van der Waals surface area contributed by atoms with E-state index in [0.717, 1.165) is 38.4 Å². The molecular formula is C17H33N3O. The molecule has 2 fully saturated rings. The molecule has 1 aliphatic heterocycles. The van der Waals surface area contributed by atoms with E-state index in [1.165, 1.54) is 51.5 Å². The van der Waals surface area contributed by atoms with Crippen molar-refractivity contribution in [3.05, 3.63) is 0 Å². The molecule has 4 nitrogen and oxygen atoms in total. The van der Waals surface area contributed by atoms with Crippen LogP contribution in [0.3, 0.4) is 0 Å². The monoisotopic (exact) mass is 295 g/mol. The molecule has 2 rings (SSSR count). The van der Waals surface area contributed by atoms with Crippen molar-refractivity contribution in [3.8, 4) is 0 Å². The Morgan fingerprint density at radius 1 is 1.10 bits per heavy atom. The highest BCUT2D eigenvalue weighted by atomic mass is 16.2. The minimum Gasteiger partial charge on any atom is -0.338 e. The summed E-state index contributed by atoms with van der Waals surface area (Å²) in [4.78, 5) is 14.5. The smallest absolute Gasteiger partial charge is 0.315 e. The second-order valence-corrected chi connectivity index (χ2v) is 6.68. The maximum Gasteiger partial charge on any atom is 0.315 e. The van der Waals surface area contributed by atoms with Crippen molar-refractivity contribution in [1.29, 1.82) is 0 Å². The maximum atomic E-state index is 11.8. The van der Waals surface area contributed by atoms with Gasteiger partial charge in [0.25, 0.3) is 0 Å². The molecule has 0 aromatic rings. The van der Waals surface area contributed by atoms with E-state index in [-0.39, 0.29) is 6.03 Å². The molecule has 21 heavy (non-hydrogen) atoms. The topological polar surface area (TPSA) is 44.4 Å². The number of hydrogen-bond donors (Lipinski definition) is 2.